The highest BCUT2D eigenvalue weighted by atomic mass is 79.9. The number of morpholine rings is 1. The molecule has 1 aliphatic heterocycles. The number of non-ortho nitro benzene ring substituents is 1. The molecule has 1 aromatic rings. The van der Waals surface area contributed by atoms with Gasteiger partial charge in [0.05, 0.1) is 16.6 Å². The number of alkyl halides is 1. The Morgan fingerprint density at radius 3 is 2.80 bits per heavy atom. The fraction of sp³-hybridized carbons (Fsp3) is 0.571. The number of nitro benzene ring substituents is 1. The second-order valence-corrected chi connectivity index (χ2v) is 6.33. The Morgan fingerprint density at radius 2 is 2.25 bits per heavy atom. The van der Waals surface area contributed by atoms with Crippen molar-refractivity contribution in [2.75, 3.05) is 18.0 Å². The molecule has 0 aromatic heterocycles. The highest BCUT2D eigenvalue weighted by Crippen LogP contribution is 2.31. The minimum Gasteiger partial charge on any atom is -0.369 e. The van der Waals surface area contributed by atoms with E-state index in [1.807, 2.05) is 13.0 Å². The molecule has 0 radical (unpaired) electrons. The van der Waals surface area contributed by atoms with E-state index in [1.165, 1.54) is 0 Å². The Morgan fingerprint density at radius 1 is 1.55 bits per heavy atom. The predicted octanol–water partition coefficient (Wildman–Crippen LogP) is 3.49. The Hall–Kier alpha value is -1.14. The van der Waals surface area contributed by atoms with Gasteiger partial charge < -0.3 is 9.64 Å². The summed E-state index contributed by atoms with van der Waals surface area (Å²) in [6.07, 6.45) is 0.136. The Balaban J connectivity index is 2.34. The predicted molar refractivity (Wildman–Crippen MR) is 82.6 cm³/mol. The standard InChI is InChI=1S/C14H19BrN2O3/c1-10-8-16(9-14(2,3)20-10)13-5-4-12(17(18)19)6-11(13)7-15/h4-6,10H,7-9H2,1-3H3. The third-order valence-corrected chi connectivity index (χ3v) is 3.93. The minimum atomic E-state index is -0.359. The molecule has 0 saturated carbocycles. The van der Waals surface area contributed by atoms with Gasteiger partial charge in [-0.05, 0) is 32.4 Å². The third-order valence-electron chi connectivity index (χ3n) is 3.33. The molecule has 0 N–H and O–H groups in total. The molecular weight excluding hydrogens is 324 g/mol. The highest BCUT2D eigenvalue weighted by Gasteiger charge is 2.32. The van der Waals surface area contributed by atoms with E-state index in [4.69, 9.17) is 4.74 Å². The van der Waals surface area contributed by atoms with E-state index in [-0.39, 0.29) is 22.3 Å². The summed E-state index contributed by atoms with van der Waals surface area (Å²) in [5.74, 6) is 0. The van der Waals surface area contributed by atoms with Gasteiger partial charge in [0.2, 0.25) is 0 Å². The molecule has 1 unspecified atom stereocenters. The van der Waals surface area contributed by atoms with Crippen LogP contribution in [0, 0.1) is 10.1 Å². The average molecular weight is 343 g/mol. The van der Waals surface area contributed by atoms with Crippen LogP contribution in [0.3, 0.4) is 0 Å². The molecule has 6 heteroatoms. The first-order chi connectivity index (χ1) is 9.32. The number of rotatable bonds is 3. The Labute approximate surface area is 127 Å². The summed E-state index contributed by atoms with van der Waals surface area (Å²) in [7, 11) is 0. The van der Waals surface area contributed by atoms with Gasteiger partial charge in [-0.25, -0.2) is 0 Å². The molecule has 1 heterocycles. The number of nitro groups is 1. The molecule has 110 valence electrons. The van der Waals surface area contributed by atoms with Crippen molar-refractivity contribution in [2.24, 2.45) is 0 Å². The Bertz CT molecular complexity index is 519. The normalized spacial score (nSPS) is 21.8. The zero-order chi connectivity index (χ0) is 14.9. The molecule has 1 aromatic carbocycles. The summed E-state index contributed by atoms with van der Waals surface area (Å²) < 4.78 is 5.90. The third kappa shape index (κ3) is 3.30. The van der Waals surface area contributed by atoms with Crippen LogP contribution in [0.5, 0.6) is 0 Å². The van der Waals surface area contributed by atoms with E-state index in [0.717, 1.165) is 24.3 Å². The van der Waals surface area contributed by atoms with Gasteiger partial charge in [-0.15, -0.1) is 0 Å². The zero-order valence-electron chi connectivity index (χ0n) is 11.9. The van der Waals surface area contributed by atoms with Crippen molar-refractivity contribution in [3.8, 4) is 0 Å². The van der Waals surface area contributed by atoms with Gasteiger partial charge in [-0.1, -0.05) is 15.9 Å². The molecule has 2 rings (SSSR count). The SMILES string of the molecule is CC1CN(c2ccc([N+](=O)[O-])cc2CBr)CC(C)(C)O1. The maximum atomic E-state index is 10.9. The number of hydrogen-bond acceptors (Lipinski definition) is 4. The first-order valence-electron chi connectivity index (χ1n) is 6.58. The Kier molecular flexibility index (Phi) is 4.34. The van der Waals surface area contributed by atoms with Crippen LogP contribution in [0.4, 0.5) is 11.4 Å². The van der Waals surface area contributed by atoms with E-state index in [9.17, 15) is 10.1 Å². The zero-order valence-corrected chi connectivity index (χ0v) is 13.5. The van der Waals surface area contributed by atoms with Crippen LogP contribution in [0.25, 0.3) is 0 Å². The summed E-state index contributed by atoms with van der Waals surface area (Å²) >= 11 is 3.42. The first kappa shape index (κ1) is 15.3. The van der Waals surface area contributed by atoms with Gasteiger partial charge in [0.15, 0.2) is 0 Å². The average Bonchev–Trinajstić information content (AvgIpc) is 2.35. The van der Waals surface area contributed by atoms with Crippen molar-refractivity contribution in [1.29, 1.82) is 0 Å². The fourth-order valence-electron chi connectivity index (χ4n) is 2.74. The molecule has 5 nitrogen and oxygen atoms in total. The molecule has 0 spiro atoms. The van der Waals surface area contributed by atoms with Crippen LogP contribution in [0.1, 0.15) is 26.3 Å². The lowest BCUT2D eigenvalue weighted by molar-refractivity contribution is -0.384. The number of benzene rings is 1. The van der Waals surface area contributed by atoms with Gasteiger partial charge in [0.1, 0.15) is 0 Å². The monoisotopic (exact) mass is 342 g/mol. The van der Waals surface area contributed by atoms with Gasteiger partial charge >= 0.3 is 0 Å². The van der Waals surface area contributed by atoms with Crippen molar-refractivity contribution < 1.29 is 9.66 Å². The summed E-state index contributed by atoms with van der Waals surface area (Å²) in [6.45, 7) is 7.74. The number of halogens is 1. The number of hydrogen-bond donors (Lipinski definition) is 0. The maximum Gasteiger partial charge on any atom is 0.269 e. The summed E-state index contributed by atoms with van der Waals surface area (Å²) in [6, 6.07) is 5.04. The minimum absolute atomic E-state index is 0.128. The highest BCUT2D eigenvalue weighted by molar-refractivity contribution is 9.08. The molecule has 1 aliphatic rings. The largest absolute Gasteiger partial charge is 0.369 e. The smallest absolute Gasteiger partial charge is 0.269 e. The van der Waals surface area contributed by atoms with E-state index in [2.05, 4.69) is 34.7 Å². The lowest BCUT2D eigenvalue weighted by atomic mass is 10.0. The van der Waals surface area contributed by atoms with Gasteiger partial charge in [0, 0.05) is 36.2 Å². The van der Waals surface area contributed by atoms with Crippen LogP contribution in [-0.2, 0) is 10.1 Å². The first-order valence-corrected chi connectivity index (χ1v) is 7.70. The van der Waals surface area contributed by atoms with E-state index < -0.39 is 0 Å². The molecule has 0 amide bonds. The van der Waals surface area contributed by atoms with Crippen LogP contribution in [0.15, 0.2) is 18.2 Å². The van der Waals surface area contributed by atoms with E-state index in [1.54, 1.807) is 12.1 Å². The van der Waals surface area contributed by atoms with E-state index >= 15 is 0 Å². The number of ether oxygens (including phenoxy) is 1. The summed E-state index contributed by atoms with van der Waals surface area (Å²) in [5, 5.41) is 11.5. The van der Waals surface area contributed by atoms with Crippen LogP contribution >= 0.6 is 15.9 Å². The second kappa shape index (κ2) is 5.69. The molecular formula is C14H19BrN2O3. The fourth-order valence-corrected chi connectivity index (χ4v) is 3.19. The maximum absolute atomic E-state index is 10.9. The van der Waals surface area contributed by atoms with Crippen molar-refractivity contribution in [2.45, 2.75) is 37.8 Å². The van der Waals surface area contributed by atoms with Crippen LogP contribution in [0.2, 0.25) is 0 Å². The van der Waals surface area contributed by atoms with Crippen molar-refractivity contribution in [1.82, 2.24) is 0 Å². The van der Waals surface area contributed by atoms with E-state index in [0.29, 0.717) is 5.33 Å². The van der Waals surface area contributed by atoms with Crippen molar-refractivity contribution in [3.05, 3.63) is 33.9 Å². The van der Waals surface area contributed by atoms with Gasteiger partial charge in [0.25, 0.3) is 5.69 Å². The lowest BCUT2D eigenvalue weighted by Gasteiger charge is -2.43. The number of anilines is 1. The lowest BCUT2D eigenvalue weighted by Crippen LogP contribution is -2.52. The molecule has 1 fully saturated rings. The van der Waals surface area contributed by atoms with Gasteiger partial charge in [-0.2, -0.15) is 0 Å². The number of nitrogens with zero attached hydrogens (tertiary/aromatic N) is 2. The van der Waals surface area contributed by atoms with Crippen molar-refractivity contribution in [3.63, 3.8) is 0 Å². The van der Waals surface area contributed by atoms with Crippen LogP contribution in [-0.4, -0.2) is 29.7 Å². The molecule has 0 bridgehead atoms. The second-order valence-electron chi connectivity index (χ2n) is 5.77. The van der Waals surface area contributed by atoms with Crippen molar-refractivity contribution >= 4 is 27.3 Å². The van der Waals surface area contributed by atoms with Gasteiger partial charge in [-0.3, -0.25) is 10.1 Å². The van der Waals surface area contributed by atoms with Crippen LogP contribution < -0.4 is 4.90 Å². The molecule has 1 atom stereocenters. The summed E-state index contributed by atoms with van der Waals surface area (Å²) in [4.78, 5) is 12.8. The quantitative estimate of drug-likeness (QED) is 0.479. The molecule has 0 aliphatic carbocycles. The molecule has 20 heavy (non-hydrogen) atoms. The molecule has 1 saturated heterocycles. The topological polar surface area (TPSA) is 55.6 Å². The summed E-state index contributed by atoms with van der Waals surface area (Å²) in [5.41, 5.74) is 1.88.